The van der Waals surface area contributed by atoms with E-state index in [1.807, 2.05) is 42.5 Å². The summed E-state index contributed by atoms with van der Waals surface area (Å²) < 4.78 is 5.70. The van der Waals surface area contributed by atoms with Crippen molar-refractivity contribution in [2.24, 2.45) is 0 Å². The number of hydrazine groups is 1. The number of rotatable bonds is 9. The number of thiocarbonyl (C=S) groups is 1. The molecule has 0 aliphatic rings. The summed E-state index contributed by atoms with van der Waals surface area (Å²) >= 11 is 6.90. The Morgan fingerprint density at radius 2 is 1.81 bits per heavy atom. The third kappa shape index (κ3) is 8.32. The molecule has 0 heterocycles. The molecule has 27 heavy (non-hydrogen) atoms. The van der Waals surface area contributed by atoms with Gasteiger partial charge >= 0.3 is 0 Å². The number of hydrogen-bond acceptors (Lipinski definition) is 4. The van der Waals surface area contributed by atoms with Crippen LogP contribution in [0.15, 0.2) is 54.6 Å². The van der Waals surface area contributed by atoms with E-state index in [1.165, 1.54) is 5.56 Å². The number of ether oxygens (including phenoxy) is 1. The number of carbonyl (C=O) groups excluding carboxylic acids is 1. The van der Waals surface area contributed by atoms with Crippen LogP contribution in [0.5, 0.6) is 5.75 Å². The number of hydrogen-bond donors (Lipinski definition) is 3. The van der Waals surface area contributed by atoms with E-state index in [1.54, 1.807) is 11.8 Å². The van der Waals surface area contributed by atoms with E-state index in [0.717, 1.165) is 30.7 Å². The first kappa shape index (κ1) is 21.1. The van der Waals surface area contributed by atoms with Crippen LogP contribution in [0.1, 0.15) is 17.5 Å². The second-order valence-electron chi connectivity index (χ2n) is 5.83. The van der Waals surface area contributed by atoms with Gasteiger partial charge in [0.2, 0.25) is 0 Å². The monoisotopic (exact) mass is 403 g/mol. The molecular formula is C20H25N3O2S2. The minimum atomic E-state index is -0.294. The minimum absolute atomic E-state index is 0.0894. The van der Waals surface area contributed by atoms with Crippen LogP contribution in [-0.4, -0.2) is 36.2 Å². The maximum absolute atomic E-state index is 12.0. The van der Waals surface area contributed by atoms with Crippen LogP contribution in [0.4, 0.5) is 0 Å². The lowest BCUT2D eigenvalue weighted by Gasteiger charge is -2.13. The molecule has 0 unspecified atom stereocenters. The molecule has 0 aromatic heterocycles. The Morgan fingerprint density at radius 3 is 2.59 bits per heavy atom. The largest absolute Gasteiger partial charge is 0.483 e. The number of amides is 1. The maximum Gasteiger partial charge on any atom is 0.276 e. The van der Waals surface area contributed by atoms with Gasteiger partial charge in [-0.2, -0.15) is 11.8 Å². The smallest absolute Gasteiger partial charge is 0.276 e. The van der Waals surface area contributed by atoms with E-state index >= 15 is 0 Å². The quantitative estimate of drug-likeness (QED) is 0.340. The van der Waals surface area contributed by atoms with Crippen LogP contribution < -0.4 is 20.9 Å². The SMILES string of the molecule is CSCCCNC(=S)NNC(=O)COc1ccccc1Cc1ccccc1. The molecule has 0 saturated heterocycles. The van der Waals surface area contributed by atoms with Crippen LogP contribution in [-0.2, 0) is 11.2 Å². The van der Waals surface area contributed by atoms with Crippen LogP contribution in [0, 0.1) is 0 Å². The van der Waals surface area contributed by atoms with E-state index in [9.17, 15) is 4.79 Å². The van der Waals surface area contributed by atoms with Gasteiger partial charge in [-0.1, -0.05) is 48.5 Å². The molecule has 3 N–H and O–H groups in total. The van der Waals surface area contributed by atoms with Crippen LogP contribution in [0.3, 0.4) is 0 Å². The highest BCUT2D eigenvalue weighted by molar-refractivity contribution is 7.98. The normalized spacial score (nSPS) is 10.1. The fourth-order valence-electron chi connectivity index (χ4n) is 2.37. The Bertz CT molecular complexity index is 726. The summed E-state index contributed by atoms with van der Waals surface area (Å²) in [6.07, 6.45) is 3.83. The number of carbonyl (C=O) groups is 1. The van der Waals surface area contributed by atoms with Gasteiger partial charge in [-0.05, 0) is 47.8 Å². The van der Waals surface area contributed by atoms with Gasteiger partial charge in [-0.25, -0.2) is 0 Å². The summed E-state index contributed by atoms with van der Waals surface area (Å²) in [4.78, 5) is 12.0. The molecule has 5 nitrogen and oxygen atoms in total. The highest BCUT2D eigenvalue weighted by atomic mass is 32.2. The second-order valence-corrected chi connectivity index (χ2v) is 7.23. The summed E-state index contributed by atoms with van der Waals surface area (Å²) in [6, 6.07) is 17.9. The van der Waals surface area contributed by atoms with Crippen molar-refractivity contribution in [2.75, 3.05) is 25.2 Å². The standard InChI is InChI=1S/C20H25N3O2S2/c1-27-13-7-12-21-20(26)23-22-19(24)15-25-18-11-6-5-10-17(18)14-16-8-3-2-4-9-16/h2-6,8-11H,7,12-15H2,1H3,(H,22,24)(H2,21,23,26). The van der Waals surface area contributed by atoms with Gasteiger partial charge < -0.3 is 10.1 Å². The third-order valence-electron chi connectivity index (χ3n) is 3.70. The summed E-state index contributed by atoms with van der Waals surface area (Å²) in [5.41, 5.74) is 7.45. The molecular weight excluding hydrogens is 378 g/mol. The van der Waals surface area contributed by atoms with E-state index < -0.39 is 0 Å². The molecule has 0 aliphatic carbocycles. The molecule has 7 heteroatoms. The van der Waals surface area contributed by atoms with Crippen LogP contribution in [0.25, 0.3) is 0 Å². The topological polar surface area (TPSA) is 62.4 Å². The number of benzene rings is 2. The number of thioether (sulfide) groups is 1. The van der Waals surface area contributed by atoms with Crippen molar-refractivity contribution < 1.29 is 9.53 Å². The molecule has 0 atom stereocenters. The van der Waals surface area contributed by atoms with E-state index in [0.29, 0.717) is 10.9 Å². The van der Waals surface area contributed by atoms with Gasteiger partial charge in [0.15, 0.2) is 11.7 Å². The molecule has 0 bridgehead atoms. The van der Waals surface area contributed by atoms with Crippen LogP contribution in [0.2, 0.25) is 0 Å². The average molecular weight is 404 g/mol. The first-order valence-electron chi connectivity index (χ1n) is 8.75. The van der Waals surface area contributed by atoms with Gasteiger partial charge in [-0.15, -0.1) is 0 Å². The van der Waals surface area contributed by atoms with Crippen molar-refractivity contribution in [1.82, 2.24) is 16.2 Å². The Morgan fingerprint density at radius 1 is 1.07 bits per heavy atom. The van der Waals surface area contributed by atoms with Crippen molar-refractivity contribution >= 4 is 35.0 Å². The predicted octanol–water partition coefficient (Wildman–Crippen LogP) is 2.90. The zero-order valence-electron chi connectivity index (χ0n) is 15.4. The lowest BCUT2D eigenvalue weighted by Crippen LogP contribution is -2.48. The summed E-state index contributed by atoms with van der Waals surface area (Å²) in [5, 5.41) is 3.43. The second kappa shape index (κ2) is 12.2. The summed E-state index contributed by atoms with van der Waals surface area (Å²) in [5.74, 6) is 1.48. The molecule has 0 aliphatic heterocycles. The highest BCUT2D eigenvalue weighted by Gasteiger charge is 2.07. The van der Waals surface area contributed by atoms with Gasteiger partial charge in [0.1, 0.15) is 5.75 Å². The molecule has 1 amide bonds. The van der Waals surface area contributed by atoms with Gasteiger partial charge in [-0.3, -0.25) is 15.6 Å². The zero-order chi connectivity index (χ0) is 19.3. The fourth-order valence-corrected chi connectivity index (χ4v) is 2.96. The van der Waals surface area contributed by atoms with Crippen molar-refractivity contribution in [3.8, 4) is 5.75 Å². The van der Waals surface area contributed by atoms with E-state index in [-0.39, 0.29) is 12.5 Å². The molecule has 0 saturated carbocycles. The molecule has 2 aromatic carbocycles. The third-order valence-corrected chi connectivity index (χ3v) is 4.64. The minimum Gasteiger partial charge on any atom is -0.483 e. The first-order chi connectivity index (χ1) is 13.2. The summed E-state index contributed by atoms with van der Waals surface area (Å²) in [7, 11) is 0. The van der Waals surface area contributed by atoms with Crippen LogP contribution >= 0.6 is 24.0 Å². The maximum atomic E-state index is 12.0. The van der Waals surface area contributed by atoms with Crippen molar-refractivity contribution in [2.45, 2.75) is 12.8 Å². The Kier molecular flexibility index (Phi) is 9.51. The van der Waals surface area contributed by atoms with Gasteiger partial charge in [0.25, 0.3) is 5.91 Å². The van der Waals surface area contributed by atoms with Crippen molar-refractivity contribution in [1.29, 1.82) is 0 Å². The highest BCUT2D eigenvalue weighted by Crippen LogP contribution is 2.21. The predicted molar refractivity (Wildman–Crippen MR) is 116 cm³/mol. The van der Waals surface area contributed by atoms with E-state index in [4.69, 9.17) is 17.0 Å². The number of para-hydroxylation sites is 1. The Balaban J connectivity index is 1.76. The molecule has 0 spiro atoms. The number of nitrogens with one attached hydrogen (secondary N) is 3. The lowest BCUT2D eigenvalue weighted by molar-refractivity contribution is -0.123. The van der Waals surface area contributed by atoms with E-state index in [2.05, 4.69) is 34.6 Å². The van der Waals surface area contributed by atoms with Crippen molar-refractivity contribution in [3.63, 3.8) is 0 Å². The fraction of sp³-hybridized carbons (Fsp3) is 0.300. The molecule has 144 valence electrons. The van der Waals surface area contributed by atoms with Gasteiger partial charge in [0, 0.05) is 13.0 Å². The molecule has 2 aromatic rings. The summed E-state index contributed by atoms with van der Waals surface area (Å²) in [6.45, 7) is 0.680. The lowest BCUT2D eigenvalue weighted by atomic mass is 10.0. The van der Waals surface area contributed by atoms with Gasteiger partial charge in [0.05, 0.1) is 0 Å². The molecule has 0 fully saturated rings. The molecule has 0 radical (unpaired) electrons. The first-order valence-corrected chi connectivity index (χ1v) is 10.6. The molecule has 2 rings (SSSR count). The Labute approximate surface area is 170 Å². The average Bonchev–Trinajstić information content (AvgIpc) is 2.70. The van der Waals surface area contributed by atoms with Crippen molar-refractivity contribution in [3.05, 3.63) is 65.7 Å². The zero-order valence-corrected chi connectivity index (χ0v) is 17.0. The Hall–Kier alpha value is -2.25.